The fourth-order valence-corrected chi connectivity index (χ4v) is 3.92. The summed E-state index contributed by atoms with van der Waals surface area (Å²) in [4.78, 5) is 31.6. The molecule has 9 nitrogen and oxygen atoms in total. The number of aliphatic hydroxyl groups is 1. The van der Waals surface area contributed by atoms with Gasteiger partial charge >= 0.3 is 12.4 Å². The lowest BCUT2D eigenvalue weighted by atomic mass is 10.1. The number of nitrogens with one attached hydrogen (secondary N) is 1. The number of aromatic amines is 1. The Morgan fingerprint density at radius 3 is 2.35 bits per heavy atom. The van der Waals surface area contributed by atoms with Gasteiger partial charge in [-0.25, -0.2) is 19.5 Å². The zero-order chi connectivity index (χ0) is 29.4. The number of benzene rings is 1. The van der Waals surface area contributed by atoms with Crippen LogP contribution in [0.5, 0.6) is 5.75 Å². The van der Waals surface area contributed by atoms with Crippen molar-refractivity contribution in [3.8, 4) is 17.1 Å². The van der Waals surface area contributed by atoms with Crippen LogP contribution in [0.2, 0.25) is 0 Å². The van der Waals surface area contributed by atoms with Crippen LogP contribution in [0.1, 0.15) is 24.5 Å². The highest BCUT2D eigenvalue weighted by molar-refractivity contribution is 5.85. The van der Waals surface area contributed by atoms with Crippen LogP contribution in [0.15, 0.2) is 52.6 Å². The minimum Gasteiger partial charge on any atom is -0.488 e. The summed E-state index contributed by atoms with van der Waals surface area (Å²) in [6.07, 6.45) is -9.33. The lowest BCUT2D eigenvalue weighted by Crippen LogP contribution is -2.31. The number of nitrogens with zero attached hydrogens (tertiary/aromatic N) is 4. The number of aromatic nitrogens is 5. The maximum Gasteiger partial charge on any atom is 0.425 e. The van der Waals surface area contributed by atoms with E-state index in [0.29, 0.717) is 18.6 Å². The van der Waals surface area contributed by atoms with Gasteiger partial charge in [-0.15, -0.1) is 0 Å². The zero-order valence-electron chi connectivity index (χ0n) is 20.2. The van der Waals surface area contributed by atoms with Crippen LogP contribution in [0.4, 0.5) is 30.7 Å². The first kappa shape index (κ1) is 28.7. The molecule has 212 valence electrons. The molecular formula is C24H18F7N5O4. The molecule has 3 heterocycles. The number of hydrogen-bond donors (Lipinski definition) is 2. The summed E-state index contributed by atoms with van der Waals surface area (Å²) in [6, 6.07) is 3.45. The molecule has 0 radical (unpaired) electrons. The van der Waals surface area contributed by atoms with Crippen molar-refractivity contribution in [2.45, 2.75) is 44.4 Å². The second kappa shape index (κ2) is 10.7. The quantitative estimate of drug-likeness (QED) is 0.321. The first-order valence-corrected chi connectivity index (χ1v) is 11.4. The normalized spacial score (nSPS) is 13.8. The van der Waals surface area contributed by atoms with E-state index < -0.39 is 58.4 Å². The molecule has 0 saturated carbocycles. The van der Waals surface area contributed by atoms with Crippen LogP contribution in [0.25, 0.3) is 22.2 Å². The molecule has 0 aliphatic heterocycles. The van der Waals surface area contributed by atoms with Gasteiger partial charge in [-0.2, -0.15) is 31.4 Å². The molecule has 2 N–H and O–H groups in total. The van der Waals surface area contributed by atoms with Crippen LogP contribution in [-0.4, -0.2) is 42.0 Å². The summed E-state index contributed by atoms with van der Waals surface area (Å²) in [5.74, 6) is -2.14. The number of halogens is 7. The monoisotopic (exact) mass is 573 g/mol. The Labute approximate surface area is 218 Å². The van der Waals surface area contributed by atoms with E-state index in [4.69, 9.17) is 4.74 Å². The predicted molar refractivity (Wildman–Crippen MR) is 125 cm³/mol. The van der Waals surface area contributed by atoms with E-state index >= 15 is 0 Å². The van der Waals surface area contributed by atoms with Gasteiger partial charge in [0.25, 0.3) is 11.1 Å². The van der Waals surface area contributed by atoms with Crippen molar-refractivity contribution in [3.63, 3.8) is 0 Å². The molecule has 4 rings (SSSR count). The van der Waals surface area contributed by atoms with Crippen molar-refractivity contribution >= 4 is 10.8 Å². The molecule has 16 heteroatoms. The highest BCUT2D eigenvalue weighted by Crippen LogP contribution is 2.33. The SMILES string of the molecule is C[C@H](C[C@H](O)Cn1ccc2cc(-c3ncc(C(F)(F)F)cn3)c(F)cc2c1=O)Oc1cn[nH]c(=O)c1C(F)(F)F. The Balaban J connectivity index is 1.51. The molecule has 0 amide bonds. The summed E-state index contributed by atoms with van der Waals surface area (Å²) < 4.78 is 98.9. The van der Waals surface area contributed by atoms with Crippen LogP contribution >= 0.6 is 0 Å². The lowest BCUT2D eigenvalue weighted by Gasteiger charge is -2.20. The van der Waals surface area contributed by atoms with Crippen LogP contribution in [0.3, 0.4) is 0 Å². The van der Waals surface area contributed by atoms with Crippen molar-refractivity contribution in [2.24, 2.45) is 0 Å². The van der Waals surface area contributed by atoms with E-state index in [1.165, 1.54) is 25.3 Å². The van der Waals surface area contributed by atoms with Crippen molar-refractivity contribution in [1.82, 2.24) is 24.7 Å². The second-order valence-corrected chi connectivity index (χ2v) is 8.74. The highest BCUT2D eigenvalue weighted by Gasteiger charge is 2.38. The van der Waals surface area contributed by atoms with E-state index in [1.807, 2.05) is 0 Å². The van der Waals surface area contributed by atoms with Crippen LogP contribution < -0.4 is 15.9 Å². The molecule has 3 aromatic heterocycles. The number of hydrogen-bond acceptors (Lipinski definition) is 7. The molecule has 40 heavy (non-hydrogen) atoms. The van der Waals surface area contributed by atoms with E-state index in [9.17, 15) is 45.4 Å². The number of aliphatic hydroxyl groups excluding tert-OH is 1. The minimum atomic E-state index is -5.02. The van der Waals surface area contributed by atoms with Gasteiger partial charge in [-0.3, -0.25) is 9.59 Å². The summed E-state index contributed by atoms with van der Waals surface area (Å²) in [5.41, 5.74) is -5.16. The van der Waals surface area contributed by atoms with Crippen molar-refractivity contribution in [1.29, 1.82) is 0 Å². The summed E-state index contributed by atoms with van der Waals surface area (Å²) in [5, 5.41) is 15.5. The number of fused-ring (bicyclic) bond motifs is 1. The van der Waals surface area contributed by atoms with Crippen molar-refractivity contribution in [3.05, 3.63) is 80.6 Å². The molecule has 0 aliphatic rings. The van der Waals surface area contributed by atoms with Gasteiger partial charge in [0.1, 0.15) is 5.82 Å². The number of alkyl halides is 6. The average molecular weight is 573 g/mol. The Morgan fingerprint density at radius 1 is 1.05 bits per heavy atom. The zero-order valence-corrected chi connectivity index (χ0v) is 20.2. The molecule has 0 aliphatic carbocycles. The number of ether oxygens (including phenoxy) is 1. The Bertz CT molecular complexity index is 1650. The van der Waals surface area contributed by atoms with E-state index in [-0.39, 0.29) is 35.1 Å². The van der Waals surface area contributed by atoms with E-state index in [0.717, 1.165) is 10.6 Å². The first-order chi connectivity index (χ1) is 18.6. The maximum atomic E-state index is 14.8. The third-order valence-corrected chi connectivity index (χ3v) is 5.73. The summed E-state index contributed by atoms with van der Waals surface area (Å²) in [6.45, 7) is 1.00. The maximum absolute atomic E-state index is 14.8. The highest BCUT2D eigenvalue weighted by atomic mass is 19.4. The van der Waals surface area contributed by atoms with Gasteiger partial charge in [0.05, 0.1) is 41.5 Å². The van der Waals surface area contributed by atoms with Gasteiger partial charge in [0.15, 0.2) is 17.1 Å². The minimum absolute atomic E-state index is 0.114. The average Bonchev–Trinajstić information content (AvgIpc) is 2.84. The largest absolute Gasteiger partial charge is 0.488 e. The number of pyridine rings is 1. The molecular weight excluding hydrogens is 555 g/mol. The van der Waals surface area contributed by atoms with Gasteiger partial charge in [0, 0.05) is 25.0 Å². The molecule has 0 bridgehead atoms. The van der Waals surface area contributed by atoms with E-state index in [1.54, 1.807) is 5.10 Å². The summed E-state index contributed by atoms with van der Waals surface area (Å²) in [7, 11) is 0. The molecule has 0 unspecified atom stereocenters. The second-order valence-electron chi connectivity index (χ2n) is 8.74. The predicted octanol–water partition coefficient (Wildman–Crippen LogP) is 3.94. The Kier molecular flexibility index (Phi) is 7.65. The molecule has 0 saturated heterocycles. The Hall–Kier alpha value is -4.34. The third kappa shape index (κ3) is 6.11. The summed E-state index contributed by atoms with van der Waals surface area (Å²) >= 11 is 0. The fraction of sp³-hybridized carbons (Fsp3) is 0.292. The molecule has 2 atom stereocenters. The number of H-pyrrole nitrogens is 1. The molecule has 0 fully saturated rings. The molecule has 1 aromatic carbocycles. The standard InChI is InChI=1S/C24H18F7N5O4/c1-11(40-18-9-34-35-21(38)19(18)24(29,30)31)4-14(37)10-36-3-2-12-5-16(17(25)6-15(12)22(36)39)20-32-7-13(8-33-20)23(26,27)28/h2-3,5-9,11,14,37H,4,10H2,1H3,(H,35,38)/t11-,14+/m1/s1. The van der Waals surface area contributed by atoms with Gasteiger partial charge in [-0.1, -0.05) is 0 Å². The van der Waals surface area contributed by atoms with Gasteiger partial charge in [-0.05, 0) is 30.5 Å². The third-order valence-electron chi connectivity index (χ3n) is 5.73. The van der Waals surface area contributed by atoms with Crippen molar-refractivity contribution in [2.75, 3.05) is 0 Å². The van der Waals surface area contributed by atoms with Gasteiger partial charge in [0.2, 0.25) is 0 Å². The van der Waals surface area contributed by atoms with Gasteiger partial charge < -0.3 is 14.4 Å². The molecule has 0 spiro atoms. The fourth-order valence-electron chi connectivity index (χ4n) is 3.92. The first-order valence-electron chi connectivity index (χ1n) is 11.4. The lowest BCUT2D eigenvalue weighted by molar-refractivity contribution is -0.140. The smallest absolute Gasteiger partial charge is 0.425 e. The molecule has 4 aromatic rings. The van der Waals surface area contributed by atoms with E-state index in [2.05, 4.69) is 15.1 Å². The topological polar surface area (TPSA) is 123 Å². The number of rotatable bonds is 7. The van der Waals surface area contributed by atoms with Crippen molar-refractivity contribution < 1.29 is 40.6 Å². The Morgan fingerprint density at radius 2 is 1.73 bits per heavy atom. The van der Waals surface area contributed by atoms with Crippen LogP contribution in [0, 0.1) is 5.82 Å². The van der Waals surface area contributed by atoms with Crippen LogP contribution in [-0.2, 0) is 18.9 Å².